The van der Waals surface area contributed by atoms with E-state index in [0.29, 0.717) is 5.75 Å². The highest BCUT2D eigenvalue weighted by Crippen LogP contribution is 2.44. The summed E-state index contributed by atoms with van der Waals surface area (Å²) in [4.78, 5) is 27.2. The first-order chi connectivity index (χ1) is 14.8. The van der Waals surface area contributed by atoms with Gasteiger partial charge in [-0.15, -0.1) is 0 Å². The number of rotatable bonds is 4. The van der Waals surface area contributed by atoms with Gasteiger partial charge in [-0.05, 0) is 49.4 Å². The van der Waals surface area contributed by atoms with Crippen LogP contribution in [-0.4, -0.2) is 23.9 Å². The number of nitrogens with zero attached hydrogens (tertiary/aromatic N) is 1. The third kappa shape index (κ3) is 3.47. The molecule has 1 aliphatic heterocycles. The van der Waals surface area contributed by atoms with Crippen molar-refractivity contribution in [3.63, 3.8) is 0 Å². The van der Waals surface area contributed by atoms with Gasteiger partial charge in [-0.2, -0.15) is 0 Å². The number of furan rings is 1. The smallest absolute Gasteiger partial charge is 0.300 e. The Labute approximate surface area is 182 Å². The second-order valence-electron chi connectivity index (χ2n) is 6.99. The Morgan fingerprint density at radius 3 is 2.61 bits per heavy atom. The van der Waals surface area contributed by atoms with Gasteiger partial charge in [0.25, 0.3) is 11.7 Å². The van der Waals surface area contributed by atoms with E-state index in [-0.39, 0.29) is 27.6 Å². The Morgan fingerprint density at radius 1 is 1.19 bits per heavy atom. The third-order valence-corrected chi connectivity index (χ3v) is 5.34. The molecular weight excluding hydrogens is 425 g/mol. The van der Waals surface area contributed by atoms with Crippen molar-refractivity contribution in [3.05, 3.63) is 88.1 Å². The molecule has 0 spiro atoms. The number of aryl methyl sites for hydroxylation is 1. The van der Waals surface area contributed by atoms with E-state index < -0.39 is 29.3 Å². The summed E-state index contributed by atoms with van der Waals surface area (Å²) < 4.78 is 24.5. The van der Waals surface area contributed by atoms with Crippen molar-refractivity contribution in [2.45, 2.75) is 13.0 Å². The fourth-order valence-electron chi connectivity index (χ4n) is 3.60. The summed E-state index contributed by atoms with van der Waals surface area (Å²) in [6, 6.07) is 10.9. The summed E-state index contributed by atoms with van der Waals surface area (Å²) in [7, 11) is 1.44. The number of amides is 1. The predicted molar refractivity (Wildman–Crippen MR) is 113 cm³/mol. The van der Waals surface area contributed by atoms with Crippen LogP contribution < -0.4 is 9.64 Å². The fourth-order valence-corrected chi connectivity index (χ4v) is 3.78. The topological polar surface area (TPSA) is 80.0 Å². The molecule has 0 radical (unpaired) electrons. The lowest BCUT2D eigenvalue weighted by Gasteiger charge is -2.23. The van der Waals surface area contributed by atoms with Crippen LogP contribution in [0.4, 0.5) is 10.1 Å². The van der Waals surface area contributed by atoms with Crippen molar-refractivity contribution >= 4 is 34.7 Å². The molecule has 1 saturated heterocycles. The molecule has 31 heavy (non-hydrogen) atoms. The highest BCUT2D eigenvalue weighted by atomic mass is 35.5. The van der Waals surface area contributed by atoms with Crippen LogP contribution in [-0.2, 0) is 9.59 Å². The number of carbonyl (C=O) groups excluding carboxylic acids is 2. The maximum atomic E-state index is 13.7. The van der Waals surface area contributed by atoms with Crippen LogP contribution in [0, 0.1) is 12.7 Å². The molecule has 3 aromatic rings. The molecule has 1 N–H and O–H groups in total. The molecule has 4 rings (SSSR count). The highest BCUT2D eigenvalue weighted by Gasteiger charge is 2.48. The fraction of sp³-hybridized carbons (Fsp3) is 0.130. The van der Waals surface area contributed by atoms with E-state index in [9.17, 15) is 19.1 Å². The van der Waals surface area contributed by atoms with Gasteiger partial charge >= 0.3 is 0 Å². The number of benzene rings is 2. The van der Waals surface area contributed by atoms with E-state index in [1.54, 1.807) is 30.3 Å². The molecule has 2 aromatic carbocycles. The first-order valence-electron chi connectivity index (χ1n) is 9.28. The van der Waals surface area contributed by atoms with E-state index in [0.717, 1.165) is 16.5 Å². The summed E-state index contributed by atoms with van der Waals surface area (Å²) in [6.45, 7) is 1.82. The summed E-state index contributed by atoms with van der Waals surface area (Å²) in [5.74, 6) is -2.32. The van der Waals surface area contributed by atoms with Crippen molar-refractivity contribution in [1.29, 1.82) is 0 Å². The molecule has 0 saturated carbocycles. The van der Waals surface area contributed by atoms with Crippen LogP contribution in [0.1, 0.15) is 22.9 Å². The zero-order chi connectivity index (χ0) is 22.3. The number of aliphatic hydroxyl groups is 1. The lowest BCUT2D eigenvalue weighted by atomic mass is 9.97. The second-order valence-corrected chi connectivity index (χ2v) is 7.39. The third-order valence-electron chi connectivity index (χ3n) is 5.05. The summed E-state index contributed by atoms with van der Waals surface area (Å²) >= 11 is 5.90. The van der Waals surface area contributed by atoms with Gasteiger partial charge in [0.2, 0.25) is 0 Å². The van der Waals surface area contributed by atoms with Crippen LogP contribution in [0.3, 0.4) is 0 Å². The van der Waals surface area contributed by atoms with Gasteiger partial charge in [0.05, 0.1) is 29.5 Å². The maximum absolute atomic E-state index is 13.7. The molecule has 1 atom stereocenters. The van der Waals surface area contributed by atoms with Crippen molar-refractivity contribution in [3.8, 4) is 5.75 Å². The zero-order valence-corrected chi connectivity index (χ0v) is 17.3. The SMILES string of the molecule is COc1ccc(C)cc1/C(O)=C1/C(=O)C(=O)N(c2ccc(F)c(Cl)c2)C1c1ccco1. The Hall–Kier alpha value is -3.58. The minimum atomic E-state index is -1.08. The molecule has 1 amide bonds. The van der Waals surface area contributed by atoms with Gasteiger partial charge in [0, 0.05) is 5.69 Å². The normalized spacial score (nSPS) is 17.9. The highest BCUT2D eigenvalue weighted by molar-refractivity contribution is 6.51. The lowest BCUT2D eigenvalue weighted by molar-refractivity contribution is -0.132. The molecule has 2 heterocycles. The average molecular weight is 442 g/mol. The quantitative estimate of drug-likeness (QED) is 0.349. The van der Waals surface area contributed by atoms with E-state index in [1.165, 1.54) is 25.5 Å². The first-order valence-corrected chi connectivity index (χ1v) is 9.65. The molecule has 1 unspecified atom stereocenters. The van der Waals surface area contributed by atoms with Gasteiger partial charge in [0.15, 0.2) is 0 Å². The van der Waals surface area contributed by atoms with E-state index in [1.807, 2.05) is 6.92 Å². The predicted octanol–water partition coefficient (Wildman–Crippen LogP) is 5.02. The van der Waals surface area contributed by atoms with Crippen LogP contribution in [0.2, 0.25) is 5.02 Å². The van der Waals surface area contributed by atoms with Crippen LogP contribution in [0.5, 0.6) is 5.75 Å². The monoisotopic (exact) mass is 441 g/mol. The molecular formula is C23H17ClFNO5. The molecule has 0 aliphatic carbocycles. The largest absolute Gasteiger partial charge is 0.507 e. The molecule has 1 fully saturated rings. The van der Waals surface area contributed by atoms with Crippen LogP contribution >= 0.6 is 11.6 Å². The Kier molecular flexibility index (Phi) is 5.29. The van der Waals surface area contributed by atoms with Crippen LogP contribution in [0.15, 0.2) is 64.8 Å². The molecule has 158 valence electrons. The average Bonchev–Trinajstić information content (AvgIpc) is 3.37. The number of aliphatic hydroxyl groups excluding tert-OH is 1. The number of ether oxygens (including phenoxy) is 1. The van der Waals surface area contributed by atoms with E-state index in [2.05, 4.69) is 0 Å². The van der Waals surface area contributed by atoms with Gasteiger partial charge in [-0.25, -0.2) is 4.39 Å². The van der Waals surface area contributed by atoms with Gasteiger partial charge in [-0.1, -0.05) is 23.2 Å². The Bertz CT molecular complexity index is 1220. The number of carbonyl (C=O) groups is 2. The first kappa shape index (κ1) is 20.7. The number of hydrogen-bond donors (Lipinski definition) is 1. The number of hydrogen-bond acceptors (Lipinski definition) is 5. The van der Waals surface area contributed by atoms with Crippen molar-refractivity contribution in [1.82, 2.24) is 0 Å². The van der Waals surface area contributed by atoms with E-state index in [4.69, 9.17) is 20.8 Å². The number of halogens is 2. The van der Waals surface area contributed by atoms with Crippen LogP contribution in [0.25, 0.3) is 5.76 Å². The number of ketones is 1. The Morgan fingerprint density at radius 2 is 1.97 bits per heavy atom. The molecule has 1 aromatic heterocycles. The number of Topliss-reactive ketones (excluding diaryl/α,β-unsaturated/α-hetero) is 1. The summed E-state index contributed by atoms with van der Waals surface area (Å²) in [5.41, 5.74) is 1.08. The number of methoxy groups -OCH3 is 1. The van der Waals surface area contributed by atoms with Gasteiger partial charge in [0.1, 0.15) is 29.1 Å². The van der Waals surface area contributed by atoms with Gasteiger partial charge < -0.3 is 14.3 Å². The standard InChI is InChI=1S/C23H17ClFNO5/c1-12-5-8-17(30-2)14(10-12)21(27)19-20(18-4-3-9-31-18)26(23(29)22(19)28)13-6-7-16(25)15(24)11-13/h3-11,20,27H,1-2H3/b21-19-. The zero-order valence-electron chi connectivity index (χ0n) is 16.6. The summed E-state index contributed by atoms with van der Waals surface area (Å²) in [6.07, 6.45) is 1.39. The molecule has 6 nitrogen and oxygen atoms in total. The molecule has 0 bridgehead atoms. The minimum Gasteiger partial charge on any atom is -0.507 e. The minimum absolute atomic E-state index is 0.177. The van der Waals surface area contributed by atoms with Crippen molar-refractivity contribution in [2.24, 2.45) is 0 Å². The summed E-state index contributed by atoms with van der Waals surface area (Å²) in [5, 5.41) is 10.9. The molecule has 1 aliphatic rings. The van der Waals surface area contributed by atoms with E-state index >= 15 is 0 Å². The van der Waals surface area contributed by atoms with Crippen molar-refractivity contribution < 1.29 is 28.2 Å². The molecule has 8 heteroatoms. The second kappa shape index (κ2) is 7.92. The maximum Gasteiger partial charge on any atom is 0.300 e. The van der Waals surface area contributed by atoms with Gasteiger partial charge in [-0.3, -0.25) is 14.5 Å². The Balaban J connectivity index is 1.97. The lowest BCUT2D eigenvalue weighted by Crippen LogP contribution is -2.29. The van der Waals surface area contributed by atoms with Crippen molar-refractivity contribution in [2.75, 3.05) is 12.0 Å². The number of anilines is 1.